The second-order valence-electron chi connectivity index (χ2n) is 5.43. The highest BCUT2D eigenvalue weighted by molar-refractivity contribution is 5.84. The summed E-state index contributed by atoms with van der Waals surface area (Å²) in [5.74, 6) is 1.25. The maximum atomic E-state index is 11.3. The quantitative estimate of drug-likeness (QED) is 0.773. The lowest BCUT2D eigenvalue weighted by Gasteiger charge is -2.14. The van der Waals surface area contributed by atoms with E-state index in [-0.39, 0.29) is 6.42 Å². The summed E-state index contributed by atoms with van der Waals surface area (Å²) in [5, 5.41) is 9.22. The fourth-order valence-electron chi connectivity index (χ4n) is 2.67. The molecule has 0 saturated heterocycles. The van der Waals surface area contributed by atoms with Crippen LogP contribution in [0.3, 0.4) is 0 Å². The van der Waals surface area contributed by atoms with Crippen molar-refractivity contribution in [1.82, 2.24) is 0 Å². The van der Waals surface area contributed by atoms with E-state index < -0.39 is 5.91 Å². The Morgan fingerprint density at radius 2 is 1.58 bits per heavy atom. The normalized spacial score (nSPS) is 10.8. The van der Waals surface area contributed by atoms with E-state index in [4.69, 9.17) is 19.9 Å². The molecule has 1 amide bonds. The molecule has 0 aliphatic rings. The molecule has 26 heavy (non-hydrogen) atoms. The number of nitrogens with zero attached hydrogens (tertiary/aromatic N) is 1. The van der Waals surface area contributed by atoms with E-state index in [1.807, 2.05) is 12.1 Å². The highest BCUT2D eigenvalue weighted by Gasteiger charge is 2.13. The van der Waals surface area contributed by atoms with Crippen molar-refractivity contribution < 1.29 is 19.0 Å². The summed E-state index contributed by atoms with van der Waals surface area (Å²) in [6.07, 6.45) is 1.49. The standard InChI is InChI=1S/C20H20N2O4/c1-24-17-6-4-13(10-15(17)12-20(22)23)16(8-9-21)14-5-7-18(25-2)19(11-14)26-3/h4-8,10-11H,12H2,1-3H3,(H2,22,23). The fourth-order valence-corrected chi connectivity index (χ4v) is 2.67. The summed E-state index contributed by atoms with van der Waals surface area (Å²) >= 11 is 0. The molecule has 0 unspecified atom stereocenters. The zero-order valence-electron chi connectivity index (χ0n) is 14.9. The summed E-state index contributed by atoms with van der Waals surface area (Å²) in [6.45, 7) is 0. The first kappa shape index (κ1) is 18.9. The molecule has 0 aliphatic carbocycles. The number of rotatable bonds is 7. The maximum Gasteiger partial charge on any atom is 0.221 e. The SMILES string of the molecule is COc1ccc(C(=CC#N)c2ccc(OC)c(OC)c2)cc1CC(N)=O. The molecule has 2 rings (SSSR count). The molecule has 0 aromatic heterocycles. The molecule has 0 fully saturated rings. The van der Waals surface area contributed by atoms with E-state index in [1.54, 1.807) is 38.5 Å². The number of amides is 1. The summed E-state index contributed by atoms with van der Waals surface area (Å²) in [7, 11) is 4.64. The Morgan fingerprint density at radius 1 is 1.00 bits per heavy atom. The van der Waals surface area contributed by atoms with Crippen molar-refractivity contribution in [2.75, 3.05) is 21.3 Å². The van der Waals surface area contributed by atoms with Gasteiger partial charge in [-0.15, -0.1) is 0 Å². The summed E-state index contributed by atoms with van der Waals surface area (Å²) in [4.78, 5) is 11.3. The lowest BCUT2D eigenvalue weighted by atomic mass is 9.94. The molecule has 0 spiro atoms. The Morgan fingerprint density at radius 3 is 2.12 bits per heavy atom. The number of allylic oxidation sites excluding steroid dienone is 1. The van der Waals surface area contributed by atoms with Crippen LogP contribution < -0.4 is 19.9 Å². The van der Waals surface area contributed by atoms with Gasteiger partial charge in [0.15, 0.2) is 11.5 Å². The number of hydrogen-bond acceptors (Lipinski definition) is 5. The van der Waals surface area contributed by atoms with Crippen LogP contribution in [-0.4, -0.2) is 27.2 Å². The minimum Gasteiger partial charge on any atom is -0.496 e. The average Bonchev–Trinajstić information content (AvgIpc) is 2.65. The number of primary amides is 1. The van der Waals surface area contributed by atoms with E-state index >= 15 is 0 Å². The van der Waals surface area contributed by atoms with E-state index in [1.165, 1.54) is 13.2 Å². The zero-order valence-corrected chi connectivity index (χ0v) is 14.9. The minimum absolute atomic E-state index is 0.0444. The van der Waals surface area contributed by atoms with Crippen molar-refractivity contribution in [3.8, 4) is 23.3 Å². The van der Waals surface area contributed by atoms with Gasteiger partial charge in [-0.3, -0.25) is 4.79 Å². The van der Waals surface area contributed by atoms with E-state index in [2.05, 4.69) is 6.07 Å². The van der Waals surface area contributed by atoms with Gasteiger partial charge in [0.2, 0.25) is 5.91 Å². The summed E-state index contributed by atoms with van der Waals surface area (Å²) < 4.78 is 15.9. The molecule has 6 nitrogen and oxygen atoms in total. The van der Waals surface area contributed by atoms with Crippen LogP contribution in [0.4, 0.5) is 0 Å². The molecule has 134 valence electrons. The Balaban J connectivity index is 2.57. The zero-order chi connectivity index (χ0) is 19.1. The van der Waals surface area contributed by atoms with Gasteiger partial charge in [-0.05, 0) is 41.0 Å². The third-order valence-corrected chi connectivity index (χ3v) is 3.86. The maximum absolute atomic E-state index is 11.3. The molecule has 2 aromatic carbocycles. The molecule has 0 bridgehead atoms. The largest absolute Gasteiger partial charge is 0.496 e. The van der Waals surface area contributed by atoms with Crippen molar-refractivity contribution in [2.45, 2.75) is 6.42 Å². The fraction of sp³-hybridized carbons (Fsp3) is 0.200. The van der Waals surface area contributed by atoms with Crippen LogP contribution in [0.15, 0.2) is 42.5 Å². The highest BCUT2D eigenvalue weighted by atomic mass is 16.5. The molecule has 0 heterocycles. The lowest BCUT2D eigenvalue weighted by molar-refractivity contribution is -0.117. The van der Waals surface area contributed by atoms with Gasteiger partial charge in [-0.2, -0.15) is 5.26 Å². The Bertz CT molecular complexity index is 882. The van der Waals surface area contributed by atoms with Crippen LogP contribution in [0.1, 0.15) is 16.7 Å². The second kappa shape index (κ2) is 8.58. The van der Waals surface area contributed by atoms with Gasteiger partial charge in [0.1, 0.15) is 5.75 Å². The van der Waals surface area contributed by atoms with Crippen molar-refractivity contribution in [1.29, 1.82) is 5.26 Å². The van der Waals surface area contributed by atoms with E-state index in [9.17, 15) is 10.1 Å². The minimum atomic E-state index is -0.461. The second-order valence-corrected chi connectivity index (χ2v) is 5.43. The van der Waals surface area contributed by atoms with Crippen molar-refractivity contribution in [2.24, 2.45) is 5.73 Å². The summed E-state index contributed by atoms with van der Waals surface area (Å²) in [5.41, 5.74) is 8.20. The van der Waals surface area contributed by atoms with Crippen molar-refractivity contribution in [3.63, 3.8) is 0 Å². The molecular formula is C20H20N2O4. The van der Waals surface area contributed by atoms with Gasteiger partial charge < -0.3 is 19.9 Å². The lowest BCUT2D eigenvalue weighted by Crippen LogP contribution is -2.14. The van der Waals surface area contributed by atoms with Crippen LogP contribution in [-0.2, 0) is 11.2 Å². The third kappa shape index (κ3) is 4.14. The number of carbonyl (C=O) groups excluding carboxylic acids is 1. The molecule has 0 aliphatic heterocycles. The first-order chi connectivity index (χ1) is 12.5. The first-order valence-corrected chi connectivity index (χ1v) is 7.81. The smallest absolute Gasteiger partial charge is 0.221 e. The monoisotopic (exact) mass is 352 g/mol. The first-order valence-electron chi connectivity index (χ1n) is 7.81. The topological polar surface area (TPSA) is 94.6 Å². The number of hydrogen-bond donors (Lipinski definition) is 1. The Labute approximate surface area is 152 Å². The predicted octanol–water partition coefficient (Wildman–Crippen LogP) is 2.70. The van der Waals surface area contributed by atoms with Crippen LogP contribution in [0, 0.1) is 11.3 Å². The summed E-state index contributed by atoms with van der Waals surface area (Å²) in [6, 6.07) is 12.8. The van der Waals surface area contributed by atoms with Gasteiger partial charge in [-0.1, -0.05) is 12.1 Å². The average molecular weight is 352 g/mol. The molecule has 0 saturated carbocycles. The molecular weight excluding hydrogens is 332 g/mol. The Hall–Kier alpha value is -3.46. The predicted molar refractivity (Wildman–Crippen MR) is 98.1 cm³/mol. The molecule has 0 radical (unpaired) electrons. The van der Waals surface area contributed by atoms with Gasteiger partial charge in [0.25, 0.3) is 0 Å². The van der Waals surface area contributed by atoms with Gasteiger partial charge in [0.05, 0.1) is 33.8 Å². The van der Waals surface area contributed by atoms with Gasteiger partial charge in [0, 0.05) is 11.6 Å². The van der Waals surface area contributed by atoms with Crippen LogP contribution in [0.25, 0.3) is 5.57 Å². The van der Waals surface area contributed by atoms with Crippen LogP contribution in [0.5, 0.6) is 17.2 Å². The number of carbonyl (C=O) groups is 1. The Kier molecular flexibility index (Phi) is 6.23. The van der Waals surface area contributed by atoms with E-state index in [0.29, 0.717) is 28.4 Å². The number of benzene rings is 2. The number of methoxy groups -OCH3 is 3. The van der Waals surface area contributed by atoms with E-state index in [0.717, 1.165) is 11.1 Å². The highest BCUT2D eigenvalue weighted by Crippen LogP contribution is 2.34. The molecule has 0 atom stereocenters. The molecule has 2 aromatic rings. The van der Waals surface area contributed by atoms with Crippen molar-refractivity contribution >= 4 is 11.5 Å². The number of nitrogens with two attached hydrogens (primary N) is 1. The van der Waals surface area contributed by atoms with Crippen LogP contribution in [0.2, 0.25) is 0 Å². The molecule has 2 N–H and O–H groups in total. The molecule has 6 heteroatoms. The number of ether oxygens (including phenoxy) is 3. The number of nitriles is 1. The van der Waals surface area contributed by atoms with Gasteiger partial charge >= 0.3 is 0 Å². The van der Waals surface area contributed by atoms with Crippen LogP contribution >= 0.6 is 0 Å². The third-order valence-electron chi connectivity index (χ3n) is 3.86. The van der Waals surface area contributed by atoms with Gasteiger partial charge in [-0.25, -0.2) is 0 Å². The van der Waals surface area contributed by atoms with Crippen molar-refractivity contribution in [3.05, 3.63) is 59.2 Å².